The number of unbranched alkanes of at least 4 members (excludes halogenated alkanes) is 4. The number of ether oxygens (including phenoxy) is 1. The molecule has 0 N–H and O–H groups in total. The molecule has 0 saturated heterocycles. The molecule has 2 heteroatoms. The van der Waals surface area contributed by atoms with E-state index in [2.05, 4.69) is 6.92 Å². The van der Waals surface area contributed by atoms with Gasteiger partial charge in [0.05, 0.1) is 6.61 Å². The highest BCUT2D eigenvalue weighted by Crippen LogP contribution is 2.30. The van der Waals surface area contributed by atoms with Crippen LogP contribution in [0.2, 0.25) is 0 Å². The van der Waals surface area contributed by atoms with E-state index in [9.17, 15) is 4.79 Å². The lowest BCUT2D eigenvalue weighted by atomic mass is 10.1. The molecule has 1 aliphatic rings. The summed E-state index contributed by atoms with van der Waals surface area (Å²) in [6.45, 7) is 3.00. The summed E-state index contributed by atoms with van der Waals surface area (Å²) in [5, 5.41) is 0. The molecule has 0 bridgehead atoms. The van der Waals surface area contributed by atoms with Crippen LogP contribution in [0.1, 0.15) is 61.4 Å². The van der Waals surface area contributed by atoms with Gasteiger partial charge in [0, 0.05) is 17.5 Å². The first kappa shape index (κ1) is 13.1. The highest BCUT2D eigenvalue weighted by Gasteiger charge is 2.22. The third-order valence-corrected chi connectivity index (χ3v) is 3.54. The number of carbonyl (C=O) groups excluding carboxylic acids is 1. The van der Waals surface area contributed by atoms with Gasteiger partial charge in [0.1, 0.15) is 5.75 Å². The number of rotatable bonds is 7. The van der Waals surface area contributed by atoms with Crippen molar-refractivity contribution in [3.05, 3.63) is 29.3 Å². The van der Waals surface area contributed by atoms with Crippen LogP contribution in [-0.4, -0.2) is 12.4 Å². The normalized spacial score (nSPS) is 13.7. The van der Waals surface area contributed by atoms with E-state index in [1.165, 1.54) is 25.7 Å². The van der Waals surface area contributed by atoms with Crippen LogP contribution >= 0.6 is 0 Å². The van der Waals surface area contributed by atoms with Crippen LogP contribution in [0.5, 0.6) is 5.75 Å². The second-order valence-electron chi connectivity index (χ2n) is 4.97. The molecular weight excluding hydrogens is 224 g/mol. The lowest BCUT2D eigenvalue weighted by Gasteiger charge is -2.10. The van der Waals surface area contributed by atoms with E-state index in [1.807, 2.05) is 18.2 Å². The molecule has 0 unspecified atom stereocenters. The van der Waals surface area contributed by atoms with Crippen molar-refractivity contribution >= 4 is 5.78 Å². The average molecular weight is 246 g/mol. The van der Waals surface area contributed by atoms with Gasteiger partial charge in [-0.05, 0) is 18.9 Å². The van der Waals surface area contributed by atoms with Crippen molar-refractivity contribution in [3.8, 4) is 5.75 Å². The van der Waals surface area contributed by atoms with Crippen LogP contribution in [0.3, 0.4) is 0 Å². The predicted molar refractivity (Wildman–Crippen MR) is 73.3 cm³/mol. The summed E-state index contributed by atoms with van der Waals surface area (Å²) in [7, 11) is 0. The lowest BCUT2D eigenvalue weighted by molar-refractivity contribution is 0.0994. The maximum Gasteiger partial charge on any atom is 0.163 e. The Labute approximate surface area is 109 Å². The van der Waals surface area contributed by atoms with E-state index in [0.29, 0.717) is 6.42 Å². The summed E-state index contributed by atoms with van der Waals surface area (Å²) >= 11 is 0. The molecule has 0 saturated carbocycles. The molecule has 0 amide bonds. The van der Waals surface area contributed by atoms with Crippen molar-refractivity contribution in [2.45, 2.75) is 51.9 Å². The fourth-order valence-corrected chi connectivity index (χ4v) is 2.48. The number of ketones is 1. The standard InChI is InChI=1S/C16H22O2/c1-2-3-4-5-6-12-18-16-9-7-8-13-14(16)10-11-15(13)17/h7-9H,2-6,10-12H2,1H3. The molecular formula is C16H22O2. The third-order valence-electron chi connectivity index (χ3n) is 3.54. The maximum absolute atomic E-state index is 11.6. The van der Waals surface area contributed by atoms with Crippen LogP contribution in [0.4, 0.5) is 0 Å². The van der Waals surface area contributed by atoms with Crippen molar-refractivity contribution in [1.29, 1.82) is 0 Å². The van der Waals surface area contributed by atoms with Crippen molar-refractivity contribution < 1.29 is 9.53 Å². The average Bonchev–Trinajstić information content (AvgIpc) is 2.77. The molecule has 0 fully saturated rings. The number of benzene rings is 1. The van der Waals surface area contributed by atoms with Gasteiger partial charge in [-0.1, -0.05) is 44.7 Å². The Morgan fingerprint density at radius 1 is 1.11 bits per heavy atom. The minimum absolute atomic E-state index is 0.262. The van der Waals surface area contributed by atoms with Gasteiger partial charge in [-0.15, -0.1) is 0 Å². The Bertz CT molecular complexity index is 410. The summed E-state index contributed by atoms with van der Waals surface area (Å²) in [6, 6.07) is 5.83. The van der Waals surface area contributed by atoms with Gasteiger partial charge >= 0.3 is 0 Å². The van der Waals surface area contributed by atoms with E-state index in [1.54, 1.807) is 0 Å². The lowest BCUT2D eigenvalue weighted by Crippen LogP contribution is -2.00. The Balaban J connectivity index is 1.82. The molecule has 0 heterocycles. The van der Waals surface area contributed by atoms with Crippen molar-refractivity contribution in [2.75, 3.05) is 6.61 Å². The number of fused-ring (bicyclic) bond motifs is 1. The monoisotopic (exact) mass is 246 g/mol. The number of hydrogen-bond acceptors (Lipinski definition) is 2. The van der Waals surface area contributed by atoms with Crippen molar-refractivity contribution in [2.24, 2.45) is 0 Å². The van der Waals surface area contributed by atoms with Crippen molar-refractivity contribution in [1.82, 2.24) is 0 Å². The first-order valence-corrected chi connectivity index (χ1v) is 7.11. The molecule has 1 aliphatic carbocycles. The number of carbonyl (C=O) groups is 1. The molecule has 98 valence electrons. The largest absolute Gasteiger partial charge is 0.493 e. The van der Waals surface area contributed by atoms with Crippen LogP contribution in [-0.2, 0) is 6.42 Å². The van der Waals surface area contributed by atoms with E-state index < -0.39 is 0 Å². The second-order valence-corrected chi connectivity index (χ2v) is 4.97. The Kier molecular flexibility index (Phi) is 4.80. The van der Waals surface area contributed by atoms with Gasteiger partial charge in [0.2, 0.25) is 0 Å². The van der Waals surface area contributed by atoms with Crippen LogP contribution in [0.15, 0.2) is 18.2 Å². The predicted octanol–water partition coefficient (Wildman–Crippen LogP) is 4.16. The van der Waals surface area contributed by atoms with Crippen LogP contribution < -0.4 is 4.74 Å². The zero-order valence-electron chi connectivity index (χ0n) is 11.2. The Morgan fingerprint density at radius 3 is 2.78 bits per heavy atom. The summed E-state index contributed by atoms with van der Waals surface area (Å²) < 4.78 is 5.83. The maximum atomic E-state index is 11.6. The van der Waals surface area contributed by atoms with Gasteiger partial charge in [-0.3, -0.25) is 4.79 Å². The smallest absolute Gasteiger partial charge is 0.163 e. The minimum atomic E-state index is 0.262. The van der Waals surface area contributed by atoms with Gasteiger partial charge in [-0.2, -0.15) is 0 Å². The quantitative estimate of drug-likeness (QED) is 0.675. The molecule has 0 aromatic heterocycles. The van der Waals surface area contributed by atoms with E-state index in [-0.39, 0.29) is 5.78 Å². The summed E-state index contributed by atoms with van der Waals surface area (Å²) in [4.78, 5) is 11.6. The Hall–Kier alpha value is -1.31. The SMILES string of the molecule is CCCCCCCOc1cccc2c1CCC2=O. The second kappa shape index (κ2) is 6.58. The van der Waals surface area contributed by atoms with Gasteiger partial charge in [0.15, 0.2) is 5.78 Å². The highest BCUT2D eigenvalue weighted by molar-refractivity contribution is 6.01. The van der Waals surface area contributed by atoms with Crippen LogP contribution in [0, 0.1) is 0 Å². The zero-order chi connectivity index (χ0) is 12.8. The van der Waals surface area contributed by atoms with E-state index in [4.69, 9.17) is 4.74 Å². The van der Waals surface area contributed by atoms with E-state index >= 15 is 0 Å². The fraction of sp³-hybridized carbons (Fsp3) is 0.562. The molecule has 18 heavy (non-hydrogen) atoms. The molecule has 1 aromatic carbocycles. The first-order chi connectivity index (χ1) is 8.83. The Morgan fingerprint density at radius 2 is 1.94 bits per heavy atom. The fourth-order valence-electron chi connectivity index (χ4n) is 2.48. The zero-order valence-corrected chi connectivity index (χ0v) is 11.2. The molecule has 1 aromatic rings. The third kappa shape index (κ3) is 3.12. The number of Topliss-reactive ketones (excluding diaryl/α,β-unsaturated/α-hetero) is 1. The summed E-state index contributed by atoms with van der Waals surface area (Å²) in [6.07, 6.45) is 7.72. The summed E-state index contributed by atoms with van der Waals surface area (Å²) in [5.41, 5.74) is 1.99. The molecule has 0 spiro atoms. The van der Waals surface area contributed by atoms with Gasteiger partial charge in [0.25, 0.3) is 0 Å². The minimum Gasteiger partial charge on any atom is -0.493 e. The van der Waals surface area contributed by atoms with Crippen molar-refractivity contribution in [3.63, 3.8) is 0 Å². The number of hydrogen-bond donors (Lipinski definition) is 0. The van der Waals surface area contributed by atoms with Gasteiger partial charge < -0.3 is 4.74 Å². The van der Waals surface area contributed by atoms with Gasteiger partial charge in [-0.25, -0.2) is 0 Å². The molecule has 0 atom stereocenters. The van der Waals surface area contributed by atoms with Crippen LogP contribution in [0.25, 0.3) is 0 Å². The molecule has 2 nitrogen and oxygen atoms in total. The topological polar surface area (TPSA) is 26.3 Å². The highest BCUT2D eigenvalue weighted by atomic mass is 16.5. The first-order valence-electron chi connectivity index (χ1n) is 7.11. The molecule has 0 aliphatic heterocycles. The van der Waals surface area contributed by atoms with E-state index in [0.717, 1.165) is 36.3 Å². The molecule has 2 rings (SSSR count). The molecule has 0 radical (unpaired) electrons. The summed E-state index contributed by atoms with van der Waals surface area (Å²) in [5.74, 6) is 1.19.